The summed E-state index contributed by atoms with van der Waals surface area (Å²) in [7, 11) is -1.42. The lowest BCUT2D eigenvalue weighted by atomic mass is 10.0. The van der Waals surface area contributed by atoms with E-state index in [9.17, 15) is 19.2 Å². The second kappa shape index (κ2) is 13.9. The SMILES string of the molecule is C[Si](C)(C)CCOC(=O)C(CCC(=O)OCCN)NC(=O)c1ccc(CCc2c[nH]c3nc(N)[nH]c(=O)c23)cc1. The van der Waals surface area contributed by atoms with Crippen molar-refractivity contribution in [1.82, 2.24) is 20.3 Å². The third-order valence-corrected chi connectivity index (χ3v) is 7.95. The molecule has 0 bridgehead atoms. The highest BCUT2D eigenvalue weighted by molar-refractivity contribution is 6.76. The van der Waals surface area contributed by atoms with Crippen molar-refractivity contribution in [3.05, 3.63) is 57.5 Å². The van der Waals surface area contributed by atoms with Crippen LogP contribution in [-0.2, 0) is 31.9 Å². The maximum atomic E-state index is 13.0. The molecule has 0 radical (unpaired) electrons. The van der Waals surface area contributed by atoms with Crippen molar-refractivity contribution in [3.63, 3.8) is 0 Å². The zero-order valence-corrected chi connectivity index (χ0v) is 24.2. The summed E-state index contributed by atoms with van der Waals surface area (Å²) in [5.74, 6) is -1.49. The minimum Gasteiger partial charge on any atom is -0.464 e. The van der Waals surface area contributed by atoms with Crippen molar-refractivity contribution < 1.29 is 23.9 Å². The smallest absolute Gasteiger partial charge is 0.328 e. The van der Waals surface area contributed by atoms with Gasteiger partial charge in [-0.1, -0.05) is 31.8 Å². The van der Waals surface area contributed by atoms with E-state index in [1.165, 1.54) is 0 Å². The van der Waals surface area contributed by atoms with Crippen LogP contribution in [0.25, 0.3) is 11.0 Å². The lowest BCUT2D eigenvalue weighted by Gasteiger charge is -2.20. The lowest BCUT2D eigenvalue weighted by Crippen LogP contribution is -2.42. The maximum absolute atomic E-state index is 13.0. The number of aromatic amines is 2. The molecule has 3 rings (SSSR count). The number of benzene rings is 1. The van der Waals surface area contributed by atoms with Crippen molar-refractivity contribution in [2.24, 2.45) is 5.73 Å². The number of esters is 2. The summed E-state index contributed by atoms with van der Waals surface area (Å²) in [6.45, 7) is 7.07. The van der Waals surface area contributed by atoms with Crippen LogP contribution in [0.4, 0.5) is 5.95 Å². The number of fused-ring (bicyclic) bond motifs is 1. The molecule has 0 spiro atoms. The van der Waals surface area contributed by atoms with E-state index in [0.29, 0.717) is 29.4 Å². The zero-order valence-electron chi connectivity index (χ0n) is 23.2. The average Bonchev–Trinajstić information content (AvgIpc) is 3.31. The number of nitrogens with two attached hydrogens (primary N) is 2. The molecule has 0 aliphatic carbocycles. The summed E-state index contributed by atoms with van der Waals surface area (Å²) in [4.78, 5) is 59.6. The van der Waals surface area contributed by atoms with Gasteiger partial charge in [-0.15, -0.1) is 0 Å². The number of amides is 1. The number of hydrogen-bond donors (Lipinski definition) is 5. The molecule has 0 fully saturated rings. The Morgan fingerprint density at radius 1 is 1.07 bits per heavy atom. The number of hydrogen-bond acceptors (Lipinski definition) is 9. The average molecular weight is 571 g/mol. The van der Waals surface area contributed by atoms with Gasteiger partial charge in [-0.05, 0) is 48.6 Å². The number of rotatable bonds is 14. The first-order chi connectivity index (χ1) is 19.0. The highest BCUT2D eigenvalue weighted by Crippen LogP contribution is 2.16. The zero-order chi connectivity index (χ0) is 29.3. The summed E-state index contributed by atoms with van der Waals surface area (Å²) in [6, 6.07) is 6.75. The Balaban J connectivity index is 1.62. The molecule has 1 amide bonds. The van der Waals surface area contributed by atoms with Crippen LogP contribution in [0.1, 0.15) is 34.3 Å². The number of aryl methyl sites for hydroxylation is 2. The van der Waals surface area contributed by atoms with E-state index in [4.69, 9.17) is 20.9 Å². The molecule has 3 aromatic rings. The molecule has 12 nitrogen and oxygen atoms in total. The van der Waals surface area contributed by atoms with Gasteiger partial charge in [-0.25, -0.2) is 4.79 Å². The molecule has 7 N–H and O–H groups in total. The monoisotopic (exact) mass is 570 g/mol. The van der Waals surface area contributed by atoms with E-state index >= 15 is 0 Å². The van der Waals surface area contributed by atoms with Crippen molar-refractivity contribution in [3.8, 4) is 0 Å². The second-order valence-corrected chi connectivity index (χ2v) is 16.4. The molecule has 0 aliphatic heterocycles. The topological polar surface area (TPSA) is 195 Å². The van der Waals surface area contributed by atoms with E-state index in [2.05, 4.69) is 39.9 Å². The molecule has 1 atom stereocenters. The van der Waals surface area contributed by atoms with Gasteiger partial charge in [-0.2, -0.15) is 4.98 Å². The van der Waals surface area contributed by atoms with Crippen molar-refractivity contribution in [1.29, 1.82) is 0 Å². The van der Waals surface area contributed by atoms with Crippen LogP contribution in [0, 0.1) is 0 Å². The standard InChI is InChI=1S/C27H38N6O6Si/c1-40(2,3)15-14-39-26(37)20(10-11-21(34)38-13-12-28)31-24(35)18-7-4-17(5-8-18)6-9-19-16-30-23-22(19)25(36)33-27(29)32-23/h4-5,7-8,16,20H,6,9-15,28H2,1-3H3,(H,31,35)(H4,29,30,32,33,36). The summed E-state index contributed by atoms with van der Waals surface area (Å²) in [5, 5.41) is 3.17. The van der Waals surface area contributed by atoms with E-state index in [0.717, 1.165) is 17.2 Å². The summed E-state index contributed by atoms with van der Waals surface area (Å²) in [5.41, 5.74) is 13.2. The first kappa shape index (κ1) is 30.6. The Morgan fingerprint density at radius 3 is 2.48 bits per heavy atom. The number of nitrogen functional groups attached to an aromatic ring is 1. The highest BCUT2D eigenvalue weighted by Gasteiger charge is 2.25. The number of nitrogens with one attached hydrogen (secondary N) is 3. The largest absolute Gasteiger partial charge is 0.464 e. The van der Waals surface area contributed by atoms with Crippen molar-refractivity contribution in [2.45, 2.75) is 57.4 Å². The van der Waals surface area contributed by atoms with Crippen LogP contribution in [0.5, 0.6) is 0 Å². The number of carbonyl (C=O) groups is 3. The van der Waals surface area contributed by atoms with Gasteiger partial charge in [0.25, 0.3) is 11.5 Å². The van der Waals surface area contributed by atoms with E-state index in [1.807, 2.05) is 12.1 Å². The summed E-state index contributed by atoms with van der Waals surface area (Å²) >= 11 is 0. The van der Waals surface area contributed by atoms with E-state index in [-0.39, 0.29) is 44.1 Å². The first-order valence-corrected chi connectivity index (χ1v) is 17.0. The fraction of sp³-hybridized carbons (Fsp3) is 0.444. The number of nitrogens with zero attached hydrogens (tertiary/aromatic N) is 1. The number of anilines is 1. The van der Waals surface area contributed by atoms with Gasteiger partial charge < -0.3 is 31.2 Å². The van der Waals surface area contributed by atoms with Crippen LogP contribution in [-0.4, -0.2) is 66.7 Å². The van der Waals surface area contributed by atoms with Gasteiger partial charge in [0.15, 0.2) is 0 Å². The van der Waals surface area contributed by atoms with Crippen LogP contribution in [0.3, 0.4) is 0 Å². The molecule has 40 heavy (non-hydrogen) atoms. The molecular formula is C27H38N6O6Si. The molecular weight excluding hydrogens is 532 g/mol. The molecule has 0 saturated heterocycles. The lowest BCUT2D eigenvalue weighted by molar-refractivity contribution is -0.147. The quantitative estimate of drug-likeness (QED) is 0.142. The third kappa shape index (κ3) is 9.05. The molecule has 0 aliphatic rings. The highest BCUT2D eigenvalue weighted by atomic mass is 28.3. The summed E-state index contributed by atoms with van der Waals surface area (Å²) < 4.78 is 10.4. The van der Waals surface area contributed by atoms with Gasteiger partial charge in [0.05, 0.1) is 12.0 Å². The van der Waals surface area contributed by atoms with Crippen LogP contribution in [0.2, 0.25) is 25.7 Å². The number of H-pyrrole nitrogens is 2. The summed E-state index contributed by atoms with van der Waals surface area (Å²) in [6.07, 6.45) is 2.92. The Bertz CT molecular complexity index is 1380. The number of carbonyl (C=O) groups excluding carboxylic acids is 3. The molecule has 2 aromatic heterocycles. The molecule has 13 heteroatoms. The predicted molar refractivity (Wildman–Crippen MR) is 155 cm³/mol. The normalized spacial score (nSPS) is 12.2. The van der Waals surface area contributed by atoms with Crippen LogP contribution >= 0.6 is 0 Å². The number of aromatic nitrogens is 3. The van der Waals surface area contributed by atoms with Gasteiger partial charge >= 0.3 is 11.9 Å². The molecule has 216 valence electrons. The Kier molecular flexibility index (Phi) is 10.6. The first-order valence-electron chi connectivity index (χ1n) is 13.2. The van der Waals surface area contributed by atoms with Crippen LogP contribution in [0.15, 0.2) is 35.3 Å². The molecule has 2 heterocycles. The minimum atomic E-state index is -1.42. The van der Waals surface area contributed by atoms with E-state index in [1.54, 1.807) is 18.3 Å². The van der Waals surface area contributed by atoms with Crippen molar-refractivity contribution >= 4 is 42.9 Å². The molecule has 0 saturated carbocycles. The van der Waals surface area contributed by atoms with Gasteiger partial charge in [0.2, 0.25) is 5.95 Å². The third-order valence-electron chi connectivity index (χ3n) is 6.25. The Hall–Kier alpha value is -3.97. The minimum absolute atomic E-state index is 0.0449. The molecule has 1 aromatic carbocycles. The predicted octanol–water partition coefficient (Wildman–Crippen LogP) is 1.88. The number of ether oxygens (including phenoxy) is 2. The van der Waals surface area contributed by atoms with E-state index < -0.39 is 32.0 Å². The van der Waals surface area contributed by atoms with Crippen molar-refractivity contribution in [2.75, 3.05) is 25.5 Å². The Morgan fingerprint density at radius 2 is 1.80 bits per heavy atom. The van der Waals surface area contributed by atoms with Gasteiger partial charge in [0.1, 0.15) is 18.3 Å². The van der Waals surface area contributed by atoms with Gasteiger partial charge in [-0.3, -0.25) is 19.4 Å². The van der Waals surface area contributed by atoms with Crippen LogP contribution < -0.4 is 22.3 Å². The molecule has 1 unspecified atom stereocenters. The second-order valence-electron chi connectivity index (χ2n) is 10.7. The maximum Gasteiger partial charge on any atom is 0.328 e. The fourth-order valence-electron chi connectivity index (χ4n) is 3.98. The Labute approximate surface area is 233 Å². The van der Waals surface area contributed by atoms with Gasteiger partial charge in [0, 0.05) is 32.8 Å². The fourth-order valence-corrected chi connectivity index (χ4v) is 4.69.